The summed E-state index contributed by atoms with van der Waals surface area (Å²) in [5.41, 5.74) is 1.23. The summed E-state index contributed by atoms with van der Waals surface area (Å²) in [4.78, 5) is 17.0. The number of benzene rings is 3. The minimum Gasteiger partial charge on any atom is -0.480 e. The van der Waals surface area contributed by atoms with E-state index in [0.29, 0.717) is 32.9 Å². The van der Waals surface area contributed by atoms with Crippen molar-refractivity contribution in [1.29, 1.82) is 0 Å². The molecule has 0 radical (unpaired) electrons. The topological polar surface area (TPSA) is 60.5 Å². The highest BCUT2D eigenvalue weighted by Crippen LogP contribution is 2.37. The average molecular weight is 528 g/mol. The molecule has 0 aliphatic carbocycles. The van der Waals surface area contributed by atoms with Crippen LogP contribution in [0.5, 0.6) is 17.2 Å². The van der Waals surface area contributed by atoms with Crippen LogP contribution in [0.4, 0.5) is 5.69 Å². The minimum atomic E-state index is -0.307. The number of hydrogen-bond acceptors (Lipinski definition) is 4. The zero-order valence-electron chi connectivity index (χ0n) is 15.6. The Morgan fingerprint density at radius 3 is 2.53 bits per heavy atom. The molecular weight excluding hydrogens is 512 g/mol. The van der Waals surface area contributed by atoms with Gasteiger partial charge in [-0.25, -0.2) is 0 Å². The van der Waals surface area contributed by atoms with E-state index >= 15 is 0 Å². The summed E-state index contributed by atoms with van der Waals surface area (Å²) in [6, 6.07) is 22.3. The monoisotopic (exact) mass is 526 g/mol. The molecule has 0 atom stereocenters. The minimum absolute atomic E-state index is 0.175. The molecule has 0 aliphatic heterocycles. The van der Waals surface area contributed by atoms with Crippen molar-refractivity contribution in [2.45, 2.75) is 0 Å². The van der Waals surface area contributed by atoms with Gasteiger partial charge in [0, 0.05) is 16.1 Å². The van der Waals surface area contributed by atoms with Crippen molar-refractivity contribution in [3.05, 3.63) is 87.9 Å². The molecule has 4 rings (SSSR count). The third kappa shape index (κ3) is 4.63. The number of rotatable bonds is 6. The molecule has 0 aliphatic rings. The maximum absolute atomic E-state index is 12.6. The number of para-hydroxylation sites is 3. The second-order valence-corrected chi connectivity index (χ2v) is 8.03. The maximum atomic E-state index is 12.6. The number of carbonyl (C=O) groups excluding carboxylic acids is 1. The molecule has 5 nitrogen and oxygen atoms in total. The summed E-state index contributed by atoms with van der Waals surface area (Å²) in [7, 11) is 0. The van der Waals surface area contributed by atoms with Crippen molar-refractivity contribution in [2.75, 3.05) is 11.9 Å². The highest BCUT2D eigenvalue weighted by molar-refractivity contribution is 9.11. The lowest BCUT2D eigenvalue weighted by molar-refractivity contribution is -0.118. The molecule has 0 spiro atoms. The van der Waals surface area contributed by atoms with E-state index in [0.717, 1.165) is 9.86 Å². The highest BCUT2D eigenvalue weighted by atomic mass is 79.9. The Bertz CT molecular complexity index is 1200. The molecule has 0 bridgehead atoms. The predicted molar refractivity (Wildman–Crippen MR) is 124 cm³/mol. The summed E-state index contributed by atoms with van der Waals surface area (Å²) in [5.74, 6) is 1.44. The summed E-state index contributed by atoms with van der Waals surface area (Å²) in [6.07, 6.45) is 1.69. The van der Waals surface area contributed by atoms with Crippen molar-refractivity contribution in [3.8, 4) is 17.2 Å². The molecule has 7 heteroatoms. The number of ether oxygens (including phenoxy) is 2. The molecule has 0 saturated heterocycles. The van der Waals surface area contributed by atoms with Crippen LogP contribution in [-0.2, 0) is 4.79 Å². The number of anilines is 1. The molecule has 0 saturated carbocycles. The lowest BCUT2D eigenvalue weighted by atomic mass is 10.2. The first-order chi connectivity index (χ1) is 14.6. The van der Waals surface area contributed by atoms with E-state index in [1.54, 1.807) is 18.3 Å². The largest absolute Gasteiger partial charge is 0.480 e. The average Bonchev–Trinajstić information content (AvgIpc) is 2.76. The number of nitrogens with one attached hydrogen (secondary N) is 1. The second-order valence-electron chi connectivity index (χ2n) is 6.32. The Balaban J connectivity index is 1.49. The summed E-state index contributed by atoms with van der Waals surface area (Å²) >= 11 is 7.01. The van der Waals surface area contributed by atoms with Crippen molar-refractivity contribution < 1.29 is 14.3 Å². The first-order valence-corrected chi connectivity index (χ1v) is 10.7. The number of fused-ring (bicyclic) bond motifs is 1. The summed E-state index contributed by atoms with van der Waals surface area (Å²) < 4.78 is 13.3. The Kier molecular flexibility index (Phi) is 6.30. The zero-order valence-corrected chi connectivity index (χ0v) is 18.8. The van der Waals surface area contributed by atoms with Crippen LogP contribution in [0.25, 0.3) is 10.9 Å². The van der Waals surface area contributed by atoms with Gasteiger partial charge in [-0.15, -0.1) is 0 Å². The molecule has 1 heterocycles. The Morgan fingerprint density at radius 1 is 0.933 bits per heavy atom. The Morgan fingerprint density at radius 2 is 1.70 bits per heavy atom. The van der Waals surface area contributed by atoms with Crippen LogP contribution in [0.15, 0.2) is 87.9 Å². The number of amides is 1. The molecule has 0 fully saturated rings. The predicted octanol–water partition coefficient (Wildman–Crippen LogP) is 6.57. The van der Waals surface area contributed by atoms with E-state index in [-0.39, 0.29) is 12.5 Å². The van der Waals surface area contributed by atoms with Crippen molar-refractivity contribution in [2.24, 2.45) is 0 Å². The number of hydrogen-bond donors (Lipinski definition) is 1. The standard InChI is InChI=1S/C23H16Br2N2O3/c24-17-13-18(25)23(22-16(17)9-6-12-26-22)29-14-21(28)27-19-10-4-5-11-20(19)30-15-7-2-1-3-8-15/h1-13H,14H2,(H,27,28). The van der Waals surface area contributed by atoms with Crippen molar-refractivity contribution in [3.63, 3.8) is 0 Å². The number of carbonyl (C=O) groups is 1. The molecule has 1 aromatic heterocycles. The van der Waals surface area contributed by atoms with Gasteiger partial charge >= 0.3 is 0 Å². The van der Waals surface area contributed by atoms with Gasteiger partial charge < -0.3 is 14.8 Å². The fourth-order valence-corrected chi connectivity index (χ4v) is 4.27. The molecule has 0 unspecified atom stereocenters. The van der Waals surface area contributed by atoms with Gasteiger partial charge in [0.25, 0.3) is 5.91 Å². The van der Waals surface area contributed by atoms with Crippen LogP contribution in [0, 0.1) is 0 Å². The van der Waals surface area contributed by atoms with E-state index in [9.17, 15) is 4.79 Å². The summed E-state index contributed by atoms with van der Waals surface area (Å²) in [5, 5.41) is 3.75. The van der Waals surface area contributed by atoms with Gasteiger partial charge in [0.15, 0.2) is 18.1 Å². The van der Waals surface area contributed by atoms with E-state index in [4.69, 9.17) is 9.47 Å². The number of nitrogens with zero attached hydrogens (tertiary/aromatic N) is 1. The molecular formula is C23H16Br2N2O3. The van der Waals surface area contributed by atoms with Crippen molar-refractivity contribution >= 4 is 54.4 Å². The highest BCUT2D eigenvalue weighted by Gasteiger charge is 2.14. The molecule has 3 aromatic carbocycles. The maximum Gasteiger partial charge on any atom is 0.262 e. The molecule has 4 aromatic rings. The fraction of sp³-hybridized carbons (Fsp3) is 0.0435. The van der Waals surface area contributed by atoms with Crippen LogP contribution in [0.3, 0.4) is 0 Å². The van der Waals surface area contributed by atoms with E-state index in [1.807, 2.05) is 60.7 Å². The number of pyridine rings is 1. The third-order valence-corrected chi connectivity index (χ3v) is 5.48. The van der Waals surface area contributed by atoms with Gasteiger partial charge in [-0.05, 0) is 52.3 Å². The van der Waals surface area contributed by atoms with E-state index < -0.39 is 0 Å². The lowest BCUT2D eigenvalue weighted by Crippen LogP contribution is -2.20. The molecule has 150 valence electrons. The Hall–Kier alpha value is -2.90. The smallest absolute Gasteiger partial charge is 0.262 e. The summed E-state index contributed by atoms with van der Waals surface area (Å²) in [6.45, 7) is -0.175. The first kappa shape index (κ1) is 20.4. The molecule has 1 amide bonds. The van der Waals surface area contributed by atoms with E-state index in [1.165, 1.54) is 0 Å². The van der Waals surface area contributed by atoms with E-state index in [2.05, 4.69) is 42.2 Å². The number of halogens is 2. The van der Waals surface area contributed by atoms with Crippen LogP contribution in [-0.4, -0.2) is 17.5 Å². The molecule has 30 heavy (non-hydrogen) atoms. The second kappa shape index (κ2) is 9.28. The van der Waals surface area contributed by atoms with Gasteiger partial charge in [-0.3, -0.25) is 9.78 Å². The van der Waals surface area contributed by atoms with Crippen LogP contribution < -0.4 is 14.8 Å². The van der Waals surface area contributed by atoms with Gasteiger partial charge in [0.2, 0.25) is 0 Å². The van der Waals surface area contributed by atoms with Gasteiger partial charge in [0.05, 0.1) is 10.2 Å². The van der Waals surface area contributed by atoms with Gasteiger partial charge in [-0.2, -0.15) is 0 Å². The van der Waals surface area contributed by atoms with Crippen LogP contribution in [0.2, 0.25) is 0 Å². The molecule has 1 N–H and O–H groups in total. The quantitative estimate of drug-likeness (QED) is 0.308. The lowest BCUT2D eigenvalue weighted by Gasteiger charge is -2.14. The fourth-order valence-electron chi connectivity index (χ4n) is 2.88. The van der Waals surface area contributed by atoms with Crippen LogP contribution >= 0.6 is 31.9 Å². The third-order valence-electron chi connectivity index (χ3n) is 4.23. The SMILES string of the molecule is O=C(COc1c(Br)cc(Br)c2cccnc12)Nc1ccccc1Oc1ccccc1. The zero-order chi connectivity index (χ0) is 20.9. The van der Waals surface area contributed by atoms with Crippen LogP contribution in [0.1, 0.15) is 0 Å². The van der Waals surface area contributed by atoms with Gasteiger partial charge in [0.1, 0.15) is 11.3 Å². The van der Waals surface area contributed by atoms with Crippen molar-refractivity contribution in [1.82, 2.24) is 4.98 Å². The normalized spacial score (nSPS) is 10.6. The number of aromatic nitrogens is 1. The van der Waals surface area contributed by atoms with Gasteiger partial charge in [-0.1, -0.05) is 52.3 Å². The first-order valence-electron chi connectivity index (χ1n) is 9.09. The Labute approximate surface area is 190 Å².